The highest BCUT2D eigenvalue weighted by molar-refractivity contribution is 5.93. The Morgan fingerprint density at radius 2 is 2.22 bits per heavy atom. The Hall–Kier alpha value is -2.37. The van der Waals surface area contributed by atoms with Crippen LogP contribution in [0.15, 0.2) is 30.6 Å². The third-order valence-corrected chi connectivity index (χ3v) is 3.08. The molecule has 3 rings (SSSR count). The predicted octanol–water partition coefficient (Wildman–Crippen LogP) is 0.582. The van der Waals surface area contributed by atoms with Crippen molar-refractivity contribution < 1.29 is 0 Å². The fourth-order valence-corrected chi connectivity index (χ4v) is 2.12. The average Bonchev–Trinajstić information content (AvgIpc) is 2.86. The number of rotatable bonds is 2. The van der Waals surface area contributed by atoms with E-state index in [4.69, 9.17) is 11.1 Å². The second kappa shape index (κ2) is 4.14. The first-order valence-electron chi connectivity index (χ1n) is 5.80. The molecule has 0 unspecified atom stereocenters. The zero-order valence-electron chi connectivity index (χ0n) is 9.87. The van der Waals surface area contributed by atoms with Crippen LogP contribution >= 0.6 is 0 Å². The molecule has 0 atom stereocenters. The Bertz CT molecular complexity index is 588. The monoisotopic (exact) mass is 242 g/mol. The maximum Gasteiger partial charge on any atom is 0.141 e. The molecule has 0 spiro atoms. The molecule has 0 saturated carbocycles. The molecule has 0 bridgehead atoms. The topological polar surface area (TPSA) is 83.8 Å². The Labute approximate surface area is 105 Å². The van der Waals surface area contributed by atoms with Gasteiger partial charge in [0, 0.05) is 25.5 Å². The minimum absolute atomic E-state index is 0.00430. The summed E-state index contributed by atoms with van der Waals surface area (Å²) in [6.45, 7) is 2.53. The third kappa shape index (κ3) is 1.81. The van der Waals surface area contributed by atoms with Crippen LogP contribution in [0.3, 0.4) is 0 Å². The number of fused-ring (bicyclic) bond motifs is 1. The fourth-order valence-electron chi connectivity index (χ4n) is 2.12. The van der Waals surface area contributed by atoms with E-state index in [1.807, 2.05) is 24.5 Å². The zero-order valence-corrected chi connectivity index (χ0v) is 9.87. The lowest BCUT2D eigenvalue weighted by Gasteiger charge is -2.28. The summed E-state index contributed by atoms with van der Waals surface area (Å²) in [4.78, 5) is 10.9. The number of hydrogen-bond donors (Lipinski definition) is 2. The Kier molecular flexibility index (Phi) is 2.47. The van der Waals surface area contributed by atoms with Gasteiger partial charge in [-0.3, -0.25) is 5.41 Å². The quantitative estimate of drug-likeness (QED) is 0.596. The van der Waals surface area contributed by atoms with Crippen LogP contribution in [-0.4, -0.2) is 26.9 Å². The molecule has 3 N–H and O–H groups in total. The summed E-state index contributed by atoms with van der Waals surface area (Å²) < 4.78 is 2.14. The molecule has 2 aromatic rings. The molecule has 1 aliphatic rings. The number of aromatic nitrogens is 3. The lowest BCUT2D eigenvalue weighted by molar-refractivity contribution is 0.556. The van der Waals surface area contributed by atoms with Gasteiger partial charge in [-0.2, -0.15) is 0 Å². The van der Waals surface area contributed by atoms with Crippen molar-refractivity contribution in [2.24, 2.45) is 5.73 Å². The van der Waals surface area contributed by atoms with Gasteiger partial charge in [-0.15, -0.1) is 0 Å². The number of hydrogen-bond acceptors (Lipinski definition) is 4. The Morgan fingerprint density at radius 3 is 3.06 bits per heavy atom. The lowest BCUT2D eigenvalue weighted by atomic mass is 10.3. The van der Waals surface area contributed by atoms with E-state index in [0.29, 0.717) is 5.69 Å². The Morgan fingerprint density at radius 1 is 1.33 bits per heavy atom. The highest BCUT2D eigenvalue weighted by atomic mass is 15.3. The fraction of sp³-hybridized carbons (Fsp3) is 0.250. The van der Waals surface area contributed by atoms with E-state index in [1.54, 1.807) is 6.07 Å². The van der Waals surface area contributed by atoms with E-state index in [2.05, 4.69) is 19.4 Å². The van der Waals surface area contributed by atoms with Crippen molar-refractivity contribution in [1.82, 2.24) is 14.5 Å². The van der Waals surface area contributed by atoms with Crippen molar-refractivity contribution in [2.45, 2.75) is 13.1 Å². The van der Waals surface area contributed by atoms with Gasteiger partial charge in [-0.05, 0) is 12.1 Å². The van der Waals surface area contributed by atoms with Crippen molar-refractivity contribution in [3.63, 3.8) is 0 Å². The summed E-state index contributed by atoms with van der Waals surface area (Å²) in [5, 5.41) is 7.42. The van der Waals surface area contributed by atoms with Crippen LogP contribution in [0.2, 0.25) is 0 Å². The number of imidazole rings is 1. The van der Waals surface area contributed by atoms with E-state index in [1.165, 1.54) is 0 Å². The minimum Gasteiger partial charge on any atom is -0.382 e. The number of nitrogens with one attached hydrogen (secondary N) is 1. The SMILES string of the molecule is N=C(N)c1cccc(N2CCn3ccnc3C2)n1. The van der Waals surface area contributed by atoms with Crippen LogP contribution in [-0.2, 0) is 13.1 Å². The van der Waals surface area contributed by atoms with Gasteiger partial charge in [0.2, 0.25) is 0 Å². The van der Waals surface area contributed by atoms with Gasteiger partial charge < -0.3 is 15.2 Å². The largest absolute Gasteiger partial charge is 0.382 e. The number of pyridine rings is 1. The molecule has 2 aromatic heterocycles. The van der Waals surface area contributed by atoms with Gasteiger partial charge in [0.05, 0.1) is 6.54 Å². The molecule has 0 saturated heterocycles. The number of amidine groups is 1. The van der Waals surface area contributed by atoms with Crippen LogP contribution in [0.5, 0.6) is 0 Å². The third-order valence-electron chi connectivity index (χ3n) is 3.08. The number of nitrogens with zero attached hydrogens (tertiary/aromatic N) is 4. The minimum atomic E-state index is -0.00430. The van der Waals surface area contributed by atoms with Crippen LogP contribution < -0.4 is 10.6 Å². The molecule has 0 radical (unpaired) electrons. The molecule has 0 amide bonds. The molecule has 6 nitrogen and oxygen atoms in total. The second-order valence-corrected chi connectivity index (χ2v) is 4.25. The summed E-state index contributed by atoms with van der Waals surface area (Å²) in [6.07, 6.45) is 3.81. The molecule has 0 aliphatic carbocycles. The molecule has 0 fully saturated rings. The zero-order chi connectivity index (χ0) is 12.5. The van der Waals surface area contributed by atoms with Crippen molar-refractivity contribution in [2.75, 3.05) is 11.4 Å². The van der Waals surface area contributed by atoms with Crippen LogP contribution in [0.25, 0.3) is 0 Å². The molecule has 1 aliphatic heterocycles. The maximum atomic E-state index is 7.42. The summed E-state index contributed by atoms with van der Waals surface area (Å²) in [7, 11) is 0. The van der Waals surface area contributed by atoms with Gasteiger partial charge >= 0.3 is 0 Å². The molecule has 6 heteroatoms. The molecule has 92 valence electrons. The van der Waals surface area contributed by atoms with E-state index < -0.39 is 0 Å². The van der Waals surface area contributed by atoms with E-state index in [-0.39, 0.29) is 5.84 Å². The van der Waals surface area contributed by atoms with Crippen molar-refractivity contribution >= 4 is 11.7 Å². The van der Waals surface area contributed by atoms with Crippen LogP contribution in [0.4, 0.5) is 5.82 Å². The Balaban J connectivity index is 1.88. The predicted molar refractivity (Wildman–Crippen MR) is 68.5 cm³/mol. The van der Waals surface area contributed by atoms with E-state index in [0.717, 1.165) is 31.3 Å². The summed E-state index contributed by atoms with van der Waals surface area (Å²) in [6, 6.07) is 5.56. The highest BCUT2D eigenvalue weighted by Gasteiger charge is 2.18. The van der Waals surface area contributed by atoms with Crippen molar-refractivity contribution in [3.05, 3.63) is 42.1 Å². The molecule has 18 heavy (non-hydrogen) atoms. The van der Waals surface area contributed by atoms with Gasteiger partial charge in [0.15, 0.2) is 0 Å². The maximum absolute atomic E-state index is 7.42. The smallest absolute Gasteiger partial charge is 0.141 e. The lowest BCUT2D eigenvalue weighted by Crippen LogP contribution is -2.34. The molecule has 3 heterocycles. The first kappa shape index (κ1) is 10.8. The normalized spacial score (nSPS) is 14.3. The number of nitrogen functional groups attached to an aromatic ring is 1. The first-order chi connectivity index (χ1) is 8.74. The van der Waals surface area contributed by atoms with Crippen LogP contribution in [0, 0.1) is 5.41 Å². The molecule has 0 aromatic carbocycles. The summed E-state index contributed by atoms with van der Waals surface area (Å²) >= 11 is 0. The number of anilines is 1. The van der Waals surface area contributed by atoms with Crippen LogP contribution in [0.1, 0.15) is 11.5 Å². The second-order valence-electron chi connectivity index (χ2n) is 4.25. The summed E-state index contributed by atoms with van der Waals surface area (Å²) in [5.74, 6) is 1.88. The van der Waals surface area contributed by atoms with E-state index in [9.17, 15) is 0 Å². The van der Waals surface area contributed by atoms with Gasteiger partial charge in [0.25, 0.3) is 0 Å². The van der Waals surface area contributed by atoms with E-state index >= 15 is 0 Å². The molecular formula is C12H14N6. The summed E-state index contributed by atoms with van der Waals surface area (Å²) in [5.41, 5.74) is 5.97. The molecular weight excluding hydrogens is 228 g/mol. The van der Waals surface area contributed by atoms with Crippen molar-refractivity contribution in [1.29, 1.82) is 5.41 Å². The first-order valence-corrected chi connectivity index (χ1v) is 5.80. The van der Waals surface area contributed by atoms with Gasteiger partial charge in [0.1, 0.15) is 23.2 Å². The average molecular weight is 242 g/mol. The highest BCUT2D eigenvalue weighted by Crippen LogP contribution is 2.18. The number of nitrogens with two attached hydrogens (primary N) is 1. The van der Waals surface area contributed by atoms with Crippen molar-refractivity contribution in [3.8, 4) is 0 Å². The standard InChI is InChI=1S/C12H14N6/c13-12(14)9-2-1-3-10(16-9)18-7-6-17-5-4-15-11(17)8-18/h1-5H,6-8H2,(H3,13,14). The van der Waals surface area contributed by atoms with Gasteiger partial charge in [-0.1, -0.05) is 6.07 Å². The van der Waals surface area contributed by atoms with Gasteiger partial charge in [-0.25, -0.2) is 9.97 Å².